The van der Waals surface area contributed by atoms with E-state index in [0.717, 1.165) is 0 Å². The van der Waals surface area contributed by atoms with E-state index in [0.29, 0.717) is 19.8 Å². The van der Waals surface area contributed by atoms with Crippen molar-refractivity contribution in [1.82, 2.24) is 5.32 Å². The van der Waals surface area contributed by atoms with Gasteiger partial charge in [-0.25, -0.2) is 4.79 Å². The van der Waals surface area contributed by atoms with Crippen molar-refractivity contribution < 1.29 is 24.1 Å². The van der Waals surface area contributed by atoms with Crippen molar-refractivity contribution in [3.8, 4) is 0 Å². The zero-order valence-corrected chi connectivity index (χ0v) is 11.7. The molecular weight excluding hydrogens is 238 g/mol. The topological polar surface area (TPSA) is 77.0 Å². The first kappa shape index (κ1) is 17.2. The van der Waals surface area contributed by atoms with Crippen LogP contribution in [0.2, 0.25) is 0 Å². The molecule has 0 heterocycles. The van der Waals surface area contributed by atoms with Crippen LogP contribution in [0.3, 0.4) is 0 Å². The lowest BCUT2D eigenvalue weighted by atomic mass is 10.2. The fraction of sp³-hybridized carbons (Fsp3) is 0.917. The molecule has 6 heteroatoms. The van der Waals surface area contributed by atoms with E-state index < -0.39 is 17.8 Å². The molecule has 6 nitrogen and oxygen atoms in total. The van der Waals surface area contributed by atoms with Crippen LogP contribution in [0.4, 0.5) is 4.79 Å². The molecule has 108 valence electrons. The average Bonchev–Trinajstić information content (AvgIpc) is 2.24. The molecule has 18 heavy (non-hydrogen) atoms. The zero-order valence-electron chi connectivity index (χ0n) is 11.7. The number of aliphatic hydroxyl groups is 1. The number of aliphatic hydroxyl groups excluding tert-OH is 1. The number of alkyl carbamates (subject to hydrolysis) is 1. The van der Waals surface area contributed by atoms with Crippen molar-refractivity contribution in [3.05, 3.63) is 0 Å². The van der Waals surface area contributed by atoms with Crippen LogP contribution in [-0.4, -0.2) is 55.9 Å². The molecule has 0 aromatic heterocycles. The molecule has 0 fully saturated rings. The second-order valence-corrected chi connectivity index (χ2v) is 4.81. The minimum Gasteiger partial charge on any atom is -0.444 e. The van der Waals surface area contributed by atoms with Gasteiger partial charge in [-0.3, -0.25) is 0 Å². The third-order valence-corrected chi connectivity index (χ3v) is 1.77. The summed E-state index contributed by atoms with van der Waals surface area (Å²) in [5.41, 5.74) is -0.539. The Labute approximate surface area is 109 Å². The molecule has 0 saturated carbocycles. The third kappa shape index (κ3) is 11.6. The maximum atomic E-state index is 11.3. The van der Waals surface area contributed by atoms with Crippen LogP contribution in [0.25, 0.3) is 0 Å². The Morgan fingerprint density at radius 3 is 2.44 bits per heavy atom. The Hall–Kier alpha value is -0.850. The molecule has 0 aromatic carbocycles. The highest BCUT2D eigenvalue weighted by Crippen LogP contribution is 2.06. The van der Waals surface area contributed by atoms with Crippen LogP contribution in [0.1, 0.15) is 27.7 Å². The lowest BCUT2D eigenvalue weighted by Crippen LogP contribution is -2.38. The molecule has 1 atom stereocenters. The number of amides is 1. The zero-order chi connectivity index (χ0) is 14.0. The smallest absolute Gasteiger partial charge is 0.407 e. The van der Waals surface area contributed by atoms with Gasteiger partial charge in [-0.05, 0) is 27.7 Å². The minimum atomic E-state index is -0.751. The molecule has 0 rings (SSSR count). The largest absolute Gasteiger partial charge is 0.444 e. The second-order valence-electron chi connectivity index (χ2n) is 4.81. The molecule has 0 saturated heterocycles. The van der Waals surface area contributed by atoms with E-state index in [2.05, 4.69) is 5.32 Å². The van der Waals surface area contributed by atoms with Gasteiger partial charge in [0.2, 0.25) is 0 Å². The molecule has 0 spiro atoms. The predicted molar refractivity (Wildman–Crippen MR) is 67.6 cm³/mol. The van der Waals surface area contributed by atoms with Crippen LogP contribution in [0.5, 0.6) is 0 Å². The molecule has 0 bridgehead atoms. The van der Waals surface area contributed by atoms with E-state index in [-0.39, 0.29) is 13.2 Å². The van der Waals surface area contributed by atoms with Gasteiger partial charge in [0, 0.05) is 13.2 Å². The number of hydrogen-bond donors (Lipinski definition) is 2. The van der Waals surface area contributed by atoms with Crippen LogP contribution < -0.4 is 5.32 Å². The molecule has 0 aliphatic heterocycles. The molecule has 1 unspecified atom stereocenters. The molecule has 0 aliphatic carbocycles. The normalized spacial score (nSPS) is 13.2. The first-order valence-electron chi connectivity index (χ1n) is 6.15. The Morgan fingerprint density at radius 2 is 1.89 bits per heavy atom. The van der Waals surface area contributed by atoms with Gasteiger partial charge in [-0.1, -0.05) is 0 Å². The maximum Gasteiger partial charge on any atom is 0.407 e. The average molecular weight is 263 g/mol. The maximum absolute atomic E-state index is 11.3. The number of carbonyl (C=O) groups excluding carboxylic acids is 1. The fourth-order valence-corrected chi connectivity index (χ4v) is 1.06. The summed E-state index contributed by atoms with van der Waals surface area (Å²) in [6.07, 6.45) is -1.30. The highest BCUT2D eigenvalue weighted by Gasteiger charge is 2.16. The molecule has 0 radical (unpaired) electrons. The van der Waals surface area contributed by atoms with Gasteiger partial charge in [0.15, 0.2) is 0 Å². The molecule has 0 aliphatic rings. The number of rotatable bonds is 8. The first-order valence-corrected chi connectivity index (χ1v) is 6.15. The Balaban J connectivity index is 3.52. The Bertz CT molecular complexity index is 227. The number of carbonyl (C=O) groups is 1. The summed E-state index contributed by atoms with van der Waals surface area (Å²) in [7, 11) is 0. The number of ether oxygens (including phenoxy) is 3. The SMILES string of the molecule is CCOCCOCC(O)CNC(=O)OC(C)(C)C. The standard InChI is InChI=1S/C12H25NO5/c1-5-16-6-7-17-9-10(14)8-13-11(15)18-12(2,3)4/h10,14H,5-9H2,1-4H3,(H,13,15). The van der Waals surface area contributed by atoms with Crippen molar-refractivity contribution in [2.75, 3.05) is 33.0 Å². The Morgan fingerprint density at radius 1 is 1.28 bits per heavy atom. The van der Waals surface area contributed by atoms with Crippen molar-refractivity contribution in [2.45, 2.75) is 39.4 Å². The van der Waals surface area contributed by atoms with Crippen LogP contribution >= 0.6 is 0 Å². The quantitative estimate of drug-likeness (QED) is 0.637. The number of nitrogens with one attached hydrogen (secondary N) is 1. The van der Waals surface area contributed by atoms with Crippen LogP contribution in [0.15, 0.2) is 0 Å². The van der Waals surface area contributed by atoms with E-state index in [4.69, 9.17) is 14.2 Å². The van der Waals surface area contributed by atoms with Gasteiger partial charge in [0.1, 0.15) is 5.60 Å². The summed E-state index contributed by atoms with van der Waals surface area (Å²) in [6, 6.07) is 0. The predicted octanol–water partition coefficient (Wildman–Crippen LogP) is 0.925. The van der Waals surface area contributed by atoms with Crippen LogP contribution in [0, 0.1) is 0 Å². The van der Waals surface area contributed by atoms with Gasteiger partial charge in [-0.15, -0.1) is 0 Å². The van der Waals surface area contributed by atoms with Crippen molar-refractivity contribution >= 4 is 6.09 Å². The van der Waals surface area contributed by atoms with Gasteiger partial charge in [0.05, 0.1) is 25.9 Å². The van der Waals surface area contributed by atoms with Gasteiger partial charge < -0.3 is 24.6 Å². The van der Waals surface area contributed by atoms with Gasteiger partial charge in [0.25, 0.3) is 0 Å². The highest BCUT2D eigenvalue weighted by molar-refractivity contribution is 5.67. The lowest BCUT2D eigenvalue weighted by Gasteiger charge is -2.20. The first-order chi connectivity index (χ1) is 8.35. The summed E-state index contributed by atoms with van der Waals surface area (Å²) >= 11 is 0. The Kier molecular flexibility index (Phi) is 8.70. The summed E-state index contributed by atoms with van der Waals surface area (Å²) in [6.45, 7) is 9.07. The molecule has 2 N–H and O–H groups in total. The molecule has 1 amide bonds. The summed E-state index contributed by atoms with van der Waals surface area (Å²) < 4.78 is 15.3. The van der Waals surface area contributed by atoms with Crippen molar-refractivity contribution in [3.63, 3.8) is 0 Å². The van der Waals surface area contributed by atoms with Crippen LogP contribution in [-0.2, 0) is 14.2 Å². The summed E-state index contributed by atoms with van der Waals surface area (Å²) in [5.74, 6) is 0. The minimum absolute atomic E-state index is 0.101. The van der Waals surface area contributed by atoms with E-state index in [1.54, 1.807) is 20.8 Å². The molecular formula is C12H25NO5. The van der Waals surface area contributed by atoms with E-state index >= 15 is 0 Å². The van der Waals surface area contributed by atoms with Crippen molar-refractivity contribution in [2.24, 2.45) is 0 Å². The van der Waals surface area contributed by atoms with E-state index in [1.807, 2.05) is 6.92 Å². The van der Waals surface area contributed by atoms with E-state index in [9.17, 15) is 9.90 Å². The summed E-state index contributed by atoms with van der Waals surface area (Å²) in [4.78, 5) is 11.3. The lowest BCUT2D eigenvalue weighted by molar-refractivity contribution is 0.00402. The second kappa shape index (κ2) is 9.13. The third-order valence-electron chi connectivity index (χ3n) is 1.77. The number of hydrogen-bond acceptors (Lipinski definition) is 5. The van der Waals surface area contributed by atoms with Gasteiger partial charge >= 0.3 is 6.09 Å². The fourth-order valence-electron chi connectivity index (χ4n) is 1.06. The molecule has 0 aromatic rings. The van der Waals surface area contributed by atoms with Crippen molar-refractivity contribution in [1.29, 1.82) is 0 Å². The van der Waals surface area contributed by atoms with E-state index in [1.165, 1.54) is 0 Å². The monoisotopic (exact) mass is 263 g/mol. The summed E-state index contributed by atoms with van der Waals surface area (Å²) in [5, 5.41) is 12.0. The highest BCUT2D eigenvalue weighted by atomic mass is 16.6. The van der Waals surface area contributed by atoms with Gasteiger partial charge in [-0.2, -0.15) is 0 Å².